The molecule has 0 bridgehead atoms. The SMILES string of the molecule is Clc1cc2c(s1)CCC2Nc1ccc(-n2nccn2)cc1. The Hall–Kier alpha value is -1.85. The number of aromatic nitrogens is 3. The van der Waals surface area contributed by atoms with Crippen molar-refractivity contribution in [3.8, 4) is 5.69 Å². The van der Waals surface area contributed by atoms with Gasteiger partial charge in [-0.2, -0.15) is 15.0 Å². The van der Waals surface area contributed by atoms with Gasteiger partial charge >= 0.3 is 0 Å². The van der Waals surface area contributed by atoms with Crippen LogP contribution in [-0.2, 0) is 6.42 Å². The van der Waals surface area contributed by atoms with Gasteiger partial charge < -0.3 is 5.32 Å². The average Bonchev–Trinajstić information content (AvgIpc) is 3.19. The largest absolute Gasteiger partial charge is 0.378 e. The van der Waals surface area contributed by atoms with Crippen molar-refractivity contribution in [3.05, 3.63) is 57.5 Å². The third-order valence-electron chi connectivity index (χ3n) is 3.71. The fourth-order valence-electron chi connectivity index (χ4n) is 2.72. The van der Waals surface area contributed by atoms with Crippen LogP contribution in [0.1, 0.15) is 22.9 Å². The highest BCUT2D eigenvalue weighted by molar-refractivity contribution is 7.16. The monoisotopic (exact) mass is 316 g/mol. The van der Waals surface area contributed by atoms with E-state index in [9.17, 15) is 0 Å². The Bertz CT molecular complexity index is 749. The molecule has 2 aromatic heterocycles. The Morgan fingerprint density at radius 1 is 1.19 bits per heavy atom. The predicted octanol–water partition coefficient (Wildman–Crippen LogP) is 4.08. The first-order chi connectivity index (χ1) is 10.3. The van der Waals surface area contributed by atoms with Crippen LogP contribution in [0.5, 0.6) is 0 Å². The molecule has 0 saturated carbocycles. The summed E-state index contributed by atoms with van der Waals surface area (Å²) in [5.41, 5.74) is 3.41. The van der Waals surface area contributed by atoms with E-state index in [0.29, 0.717) is 6.04 Å². The first kappa shape index (κ1) is 12.9. The maximum absolute atomic E-state index is 6.10. The van der Waals surface area contributed by atoms with Gasteiger partial charge in [0.25, 0.3) is 0 Å². The molecule has 3 aromatic rings. The smallest absolute Gasteiger partial charge is 0.0934 e. The highest BCUT2D eigenvalue weighted by atomic mass is 35.5. The number of fused-ring (bicyclic) bond motifs is 1. The Kier molecular flexibility index (Phi) is 3.16. The van der Waals surface area contributed by atoms with E-state index < -0.39 is 0 Å². The fourth-order valence-corrected chi connectivity index (χ4v) is 4.08. The Balaban J connectivity index is 1.53. The van der Waals surface area contributed by atoms with Gasteiger partial charge in [-0.25, -0.2) is 0 Å². The molecule has 106 valence electrons. The molecule has 1 unspecified atom stereocenters. The third-order valence-corrected chi connectivity index (χ3v) is 5.04. The molecular formula is C15H13ClN4S. The second-order valence-electron chi connectivity index (χ2n) is 5.03. The molecule has 0 spiro atoms. The summed E-state index contributed by atoms with van der Waals surface area (Å²) in [4.78, 5) is 3.02. The molecule has 0 amide bonds. The van der Waals surface area contributed by atoms with Gasteiger partial charge in [0.15, 0.2) is 0 Å². The molecule has 21 heavy (non-hydrogen) atoms. The molecular weight excluding hydrogens is 304 g/mol. The van der Waals surface area contributed by atoms with Crippen molar-refractivity contribution in [3.63, 3.8) is 0 Å². The molecule has 0 fully saturated rings. The van der Waals surface area contributed by atoms with Gasteiger partial charge in [0, 0.05) is 10.6 Å². The summed E-state index contributed by atoms with van der Waals surface area (Å²) in [6.45, 7) is 0. The first-order valence-corrected chi connectivity index (χ1v) is 8.00. The van der Waals surface area contributed by atoms with Crippen LogP contribution >= 0.6 is 22.9 Å². The highest BCUT2D eigenvalue weighted by Gasteiger charge is 2.24. The number of hydrogen-bond donors (Lipinski definition) is 1. The van der Waals surface area contributed by atoms with Crippen molar-refractivity contribution in [2.24, 2.45) is 0 Å². The van der Waals surface area contributed by atoms with Gasteiger partial charge in [-0.3, -0.25) is 0 Å². The minimum Gasteiger partial charge on any atom is -0.378 e. The van der Waals surface area contributed by atoms with Crippen LogP contribution in [0.3, 0.4) is 0 Å². The van der Waals surface area contributed by atoms with Crippen molar-refractivity contribution < 1.29 is 0 Å². The number of anilines is 1. The number of rotatable bonds is 3. The zero-order valence-electron chi connectivity index (χ0n) is 11.2. The topological polar surface area (TPSA) is 42.7 Å². The van der Waals surface area contributed by atoms with E-state index in [-0.39, 0.29) is 0 Å². The summed E-state index contributed by atoms with van der Waals surface area (Å²) < 4.78 is 0.881. The molecule has 0 aliphatic heterocycles. The molecule has 2 heterocycles. The van der Waals surface area contributed by atoms with Crippen molar-refractivity contribution in [2.75, 3.05) is 5.32 Å². The van der Waals surface area contributed by atoms with Crippen LogP contribution in [0, 0.1) is 0 Å². The van der Waals surface area contributed by atoms with Gasteiger partial charge in [0.1, 0.15) is 0 Å². The summed E-state index contributed by atoms with van der Waals surface area (Å²) >= 11 is 7.80. The van der Waals surface area contributed by atoms with Crippen LogP contribution in [0.15, 0.2) is 42.7 Å². The maximum atomic E-state index is 6.10. The fraction of sp³-hybridized carbons (Fsp3) is 0.200. The number of nitrogens with zero attached hydrogens (tertiary/aromatic N) is 3. The molecule has 1 N–H and O–H groups in total. The minimum atomic E-state index is 0.359. The minimum absolute atomic E-state index is 0.359. The zero-order valence-corrected chi connectivity index (χ0v) is 12.7. The number of nitrogens with one attached hydrogen (secondary N) is 1. The molecule has 1 aliphatic carbocycles. The summed E-state index contributed by atoms with van der Waals surface area (Å²) in [5.74, 6) is 0. The molecule has 4 rings (SSSR count). The lowest BCUT2D eigenvalue weighted by atomic mass is 10.1. The van der Waals surface area contributed by atoms with Crippen molar-refractivity contribution in [2.45, 2.75) is 18.9 Å². The number of hydrogen-bond acceptors (Lipinski definition) is 4. The third kappa shape index (κ3) is 2.43. The van der Waals surface area contributed by atoms with Gasteiger partial charge in [-0.15, -0.1) is 11.3 Å². The lowest BCUT2D eigenvalue weighted by molar-refractivity contribution is 0.750. The quantitative estimate of drug-likeness (QED) is 0.791. The lowest BCUT2D eigenvalue weighted by Crippen LogP contribution is -2.06. The standard InChI is InChI=1S/C15H13ClN4S/c16-15-9-12-13(5-6-14(12)21-15)19-10-1-3-11(4-2-10)20-17-7-8-18-20/h1-4,7-9,13,19H,5-6H2. The zero-order chi connectivity index (χ0) is 14.2. The lowest BCUT2D eigenvalue weighted by Gasteiger charge is -2.14. The van der Waals surface area contributed by atoms with E-state index in [4.69, 9.17) is 11.6 Å². The van der Waals surface area contributed by atoms with Gasteiger partial charge in [0.05, 0.1) is 28.5 Å². The molecule has 4 nitrogen and oxygen atoms in total. The Labute approximate surface area is 131 Å². The van der Waals surface area contributed by atoms with Crippen molar-refractivity contribution in [1.29, 1.82) is 0 Å². The number of aryl methyl sites for hydroxylation is 1. The van der Waals surface area contributed by atoms with Crippen LogP contribution in [0.2, 0.25) is 4.34 Å². The van der Waals surface area contributed by atoms with Gasteiger partial charge in [-0.05, 0) is 48.7 Å². The predicted molar refractivity (Wildman–Crippen MR) is 85.4 cm³/mol. The first-order valence-electron chi connectivity index (χ1n) is 6.81. The molecule has 1 aliphatic rings. The number of thiophene rings is 1. The summed E-state index contributed by atoms with van der Waals surface area (Å²) in [5, 5.41) is 11.8. The summed E-state index contributed by atoms with van der Waals surface area (Å²) in [7, 11) is 0. The molecule has 0 saturated heterocycles. The van der Waals surface area contributed by atoms with Gasteiger partial charge in [0.2, 0.25) is 0 Å². The highest BCUT2D eigenvalue weighted by Crippen LogP contribution is 2.40. The van der Waals surface area contributed by atoms with Crippen LogP contribution in [-0.4, -0.2) is 15.0 Å². The average molecular weight is 317 g/mol. The van der Waals surface area contributed by atoms with E-state index in [0.717, 1.165) is 28.6 Å². The Morgan fingerprint density at radius 3 is 2.71 bits per heavy atom. The normalized spacial score (nSPS) is 16.9. The van der Waals surface area contributed by atoms with E-state index in [1.807, 2.05) is 12.1 Å². The molecule has 1 atom stereocenters. The van der Waals surface area contributed by atoms with Crippen LogP contribution in [0.25, 0.3) is 5.69 Å². The maximum Gasteiger partial charge on any atom is 0.0934 e. The summed E-state index contributed by atoms with van der Waals surface area (Å²) in [6, 6.07) is 10.6. The van der Waals surface area contributed by atoms with Crippen molar-refractivity contribution in [1.82, 2.24) is 15.0 Å². The van der Waals surface area contributed by atoms with Gasteiger partial charge in [-0.1, -0.05) is 11.6 Å². The summed E-state index contributed by atoms with van der Waals surface area (Å²) in [6.07, 6.45) is 5.58. The second-order valence-corrected chi connectivity index (χ2v) is 6.80. The molecule has 6 heteroatoms. The molecule has 0 radical (unpaired) electrons. The molecule has 1 aromatic carbocycles. The van der Waals surface area contributed by atoms with Crippen LogP contribution in [0.4, 0.5) is 5.69 Å². The Morgan fingerprint density at radius 2 is 1.95 bits per heavy atom. The number of benzene rings is 1. The van der Waals surface area contributed by atoms with E-state index in [1.165, 1.54) is 10.4 Å². The second kappa shape index (κ2) is 5.16. The van der Waals surface area contributed by atoms with E-state index in [2.05, 4.69) is 33.7 Å². The van der Waals surface area contributed by atoms with E-state index in [1.54, 1.807) is 28.5 Å². The number of halogens is 1. The van der Waals surface area contributed by atoms with Crippen molar-refractivity contribution >= 4 is 28.6 Å². The van der Waals surface area contributed by atoms with Crippen LogP contribution < -0.4 is 5.32 Å². The van der Waals surface area contributed by atoms with E-state index >= 15 is 0 Å².